The van der Waals surface area contributed by atoms with E-state index in [9.17, 15) is 4.79 Å². The summed E-state index contributed by atoms with van der Waals surface area (Å²) in [7, 11) is 0. The van der Waals surface area contributed by atoms with E-state index in [1.54, 1.807) is 0 Å². The van der Waals surface area contributed by atoms with Crippen molar-refractivity contribution in [3.05, 3.63) is 35.2 Å². The highest BCUT2D eigenvalue weighted by Gasteiger charge is 2.16. The Labute approximate surface area is 110 Å². The predicted molar refractivity (Wildman–Crippen MR) is 71.8 cm³/mol. The van der Waals surface area contributed by atoms with Crippen LogP contribution in [0.3, 0.4) is 0 Å². The van der Waals surface area contributed by atoms with Gasteiger partial charge in [0.1, 0.15) is 0 Å². The summed E-state index contributed by atoms with van der Waals surface area (Å²) >= 11 is 0. The van der Waals surface area contributed by atoms with E-state index >= 15 is 0 Å². The maximum atomic E-state index is 12.0. The number of aryl methyl sites for hydroxylation is 1. The molecule has 0 aliphatic heterocycles. The average molecular weight is 257 g/mol. The largest absolute Gasteiger partial charge is 0.366 e. The lowest BCUT2D eigenvalue weighted by Gasteiger charge is -2.19. The number of nitrogens with two attached hydrogens (primary N) is 1. The van der Waals surface area contributed by atoms with Crippen LogP contribution in [-0.2, 0) is 12.8 Å². The van der Waals surface area contributed by atoms with Crippen molar-refractivity contribution in [2.24, 2.45) is 0 Å². The van der Waals surface area contributed by atoms with Gasteiger partial charge in [-0.05, 0) is 42.9 Å². The third-order valence-electron chi connectivity index (χ3n) is 3.36. The maximum absolute atomic E-state index is 12.0. The molecule has 0 unspecified atom stereocenters. The Bertz CT molecular complexity index is 619. The molecular formula is C13H15N5O. The number of rotatable bonds is 2. The maximum Gasteiger partial charge on any atom is 0.293 e. The first-order valence-corrected chi connectivity index (χ1v) is 6.34. The monoisotopic (exact) mass is 257 g/mol. The van der Waals surface area contributed by atoms with Crippen LogP contribution in [-0.4, -0.2) is 21.1 Å². The second-order valence-electron chi connectivity index (χ2n) is 4.65. The Morgan fingerprint density at radius 1 is 1.32 bits per heavy atom. The van der Waals surface area contributed by atoms with Gasteiger partial charge in [-0.1, -0.05) is 12.1 Å². The SMILES string of the molecule is Nc1n[nH]c(C(=O)Nc2cccc3c2CCCC3)n1. The number of nitrogens with one attached hydrogen (secondary N) is 2. The zero-order valence-corrected chi connectivity index (χ0v) is 10.4. The highest BCUT2D eigenvalue weighted by Crippen LogP contribution is 2.27. The molecule has 0 fully saturated rings. The van der Waals surface area contributed by atoms with Crippen molar-refractivity contribution < 1.29 is 4.79 Å². The van der Waals surface area contributed by atoms with Crippen molar-refractivity contribution in [3.8, 4) is 0 Å². The van der Waals surface area contributed by atoms with E-state index in [0.29, 0.717) is 0 Å². The number of carbonyl (C=O) groups excluding carboxylic acids is 1. The first-order chi connectivity index (χ1) is 9.24. The normalized spacial score (nSPS) is 13.9. The number of carbonyl (C=O) groups is 1. The fourth-order valence-electron chi connectivity index (χ4n) is 2.46. The fraction of sp³-hybridized carbons (Fsp3) is 0.308. The van der Waals surface area contributed by atoms with Crippen molar-refractivity contribution in [1.29, 1.82) is 0 Å². The summed E-state index contributed by atoms with van der Waals surface area (Å²) in [5, 5.41) is 9.03. The van der Waals surface area contributed by atoms with Gasteiger partial charge >= 0.3 is 0 Å². The van der Waals surface area contributed by atoms with Crippen LogP contribution in [0.25, 0.3) is 0 Å². The second-order valence-corrected chi connectivity index (χ2v) is 4.65. The van der Waals surface area contributed by atoms with Crippen molar-refractivity contribution in [2.45, 2.75) is 25.7 Å². The molecule has 0 saturated carbocycles. The number of aromatic amines is 1. The van der Waals surface area contributed by atoms with E-state index in [-0.39, 0.29) is 17.7 Å². The second kappa shape index (κ2) is 4.72. The van der Waals surface area contributed by atoms with E-state index < -0.39 is 0 Å². The van der Waals surface area contributed by atoms with Gasteiger partial charge in [0, 0.05) is 5.69 Å². The molecule has 1 aliphatic rings. The van der Waals surface area contributed by atoms with E-state index in [2.05, 4.69) is 26.6 Å². The van der Waals surface area contributed by atoms with Gasteiger partial charge in [0.05, 0.1) is 0 Å². The van der Waals surface area contributed by atoms with Crippen molar-refractivity contribution in [2.75, 3.05) is 11.1 Å². The van der Waals surface area contributed by atoms with Crippen molar-refractivity contribution >= 4 is 17.5 Å². The number of hydrogen-bond acceptors (Lipinski definition) is 4. The summed E-state index contributed by atoms with van der Waals surface area (Å²) < 4.78 is 0. The summed E-state index contributed by atoms with van der Waals surface area (Å²) in [6.07, 6.45) is 4.46. The Hall–Kier alpha value is -2.37. The number of nitrogen functional groups attached to an aromatic ring is 1. The number of amides is 1. The summed E-state index contributed by atoms with van der Waals surface area (Å²) in [5.41, 5.74) is 8.80. The van der Waals surface area contributed by atoms with Crippen LogP contribution in [0.1, 0.15) is 34.6 Å². The molecule has 1 aromatic heterocycles. The zero-order valence-electron chi connectivity index (χ0n) is 10.4. The lowest BCUT2D eigenvalue weighted by Crippen LogP contribution is -2.16. The van der Waals surface area contributed by atoms with Gasteiger partial charge in [-0.3, -0.25) is 9.89 Å². The Balaban J connectivity index is 1.85. The molecular weight excluding hydrogens is 242 g/mol. The molecule has 1 amide bonds. The molecule has 2 aromatic rings. The standard InChI is InChI=1S/C13H15N5O/c14-13-16-11(17-18-13)12(19)15-10-7-3-5-8-4-1-2-6-9(8)10/h3,5,7H,1-2,4,6H2,(H,15,19)(H3,14,16,17,18). The molecule has 4 N–H and O–H groups in total. The Morgan fingerprint density at radius 2 is 2.16 bits per heavy atom. The van der Waals surface area contributed by atoms with Gasteiger partial charge in [0.2, 0.25) is 11.8 Å². The van der Waals surface area contributed by atoms with Gasteiger partial charge in [-0.15, -0.1) is 5.10 Å². The van der Waals surface area contributed by atoms with Crippen LogP contribution in [0, 0.1) is 0 Å². The minimum absolute atomic E-state index is 0.0697. The molecule has 1 heterocycles. The van der Waals surface area contributed by atoms with Crippen LogP contribution < -0.4 is 11.1 Å². The lowest BCUT2D eigenvalue weighted by atomic mass is 9.90. The molecule has 98 valence electrons. The summed E-state index contributed by atoms with van der Waals surface area (Å²) in [6, 6.07) is 6.01. The van der Waals surface area contributed by atoms with E-state index in [1.807, 2.05) is 12.1 Å². The van der Waals surface area contributed by atoms with Crippen molar-refractivity contribution in [3.63, 3.8) is 0 Å². The minimum Gasteiger partial charge on any atom is -0.366 e. The Kier molecular flexibility index (Phi) is 2.91. The summed E-state index contributed by atoms with van der Waals surface area (Å²) in [6.45, 7) is 0. The Morgan fingerprint density at radius 3 is 2.95 bits per heavy atom. The number of nitrogens with zero attached hydrogens (tertiary/aromatic N) is 2. The molecule has 0 saturated heterocycles. The molecule has 19 heavy (non-hydrogen) atoms. The van der Waals surface area contributed by atoms with Crippen LogP contribution in [0.2, 0.25) is 0 Å². The zero-order chi connectivity index (χ0) is 13.2. The van der Waals surface area contributed by atoms with Crippen LogP contribution >= 0.6 is 0 Å². The van der Waals surface area contributed by atoms with E-state index in [4.69, 9.17) is 5.73 Å². The quantitative estimate of drug-likeness (QED) is 0.759. The van der Waals surface area contributed by atoms with Crippen molar-refractivity contribution in [1.82, 2.24) is 15.2 Å². The number of aromatic nitrogens is 3. The first-order valence-electron chi connectivity index (χ1n) is 6.34. The number of H-pyrrole nitrogens is 1. The number of benzene rings is 1. The van der Waals surface area contributed by atoms with Crippen LogP contribution in [0.4, 0.5) is 11.6 Å². The third-order valence-corrected chi connectivity index (χ3v) is 3.36. The molecule has 1 aliphatic carbocycles. The number of fused-ring (bicyclic) bond motifs is 1. The number of anilines is 2. The molecule has 0 spiro atoms. The topological polar surface area (TPSA) is 96.7 Å². The average Bonchev–Trinajstić information content (AvgIpc) is 2.86. The van der Waals surface area contributed by atoms with Gasteiger partial charge < -0.3 is 11.1 Å². The summed E-state index contributed by atoms with van der Waals surface area (Å²) in [4.78, 5) is 15.8. The van der Waals surface area contributed by atoms with Gasteiger partial charge in [0.15, 0.2) is 0 Å². The molecule has 3 rings (SSSR count). The molecule has 0 atom stereocenters. The third kappa shape index (κ3) is 2.29. The molecule has 0 bridgehead atoms. The molecule has 6 heteroatoms. The minimum atomic E-state index is -0.317. The first kappa shape index (κ1) is 11.7. The van der Waals surface area contributed by atoms with Crippen LogP contribution in [0.15, 0.2) is 18.2 Å². The van der Waals surface area contributed by atoms with Gasteiger partial charge in [0.25, 0.3) is 5.91 Å². The fourth-order valence-corrected chi connectivity index (χ4v) is 2.46. The number of hydrogen-bond donors (Lipinski definition) is 3. The predicted octanol–water partition coefficient (Wildman–Crippen LogP) is 1.52. The summed E-state index contributed by atoms with van der Waals surface area (Å²) in [5.74, 6) is -0.116. The van der Waals surface area contributed by atoms with E-state index in [0.717, 1.165) is 24.9 Å². The smallest absolute Gasteiger partial charge is 0.293 e. The lowest BCUT2D eigenvalue weighted by molar-refractivity contribution is 0.101. The molecule has 0 radical (unpaired) electrons. The molecule has 1 aromatic carbocycles. The van der Waals surface area contributed by atoms with Gasteiger partial charge in [-0.25, -0.2) is 0 Å². The van der Waals surface area contributed by atoms with Crippen LogP contribution in [0.5, 0.6) is 0 Å². The van der Waals surface area contributed by atoms with Gasteiger partial charge in [-0.2, -0.15) is 4.98 Å². The highest BCUT2D eigenvalue weighted by molar-refractivity contribution is 6.02. The molecule has 6 nitrogen and oxygen atoms in total. The highest BCUT2D eigenvalue weighted by atomic mass is 16.2. The van der Waals surface area contributed by atoms with E-state index in [1.165, 1.54) is 17.5 Å².